The molecule has 94 valence electrons. The molecule has 18 heavy (non-hydrogen) atoms. The van der Waals surface area contributed by atoms with Gasteiger partial charge >= 0.3 is 0 Å². The van der Waals surface area contributed by atoms with Crippen LogP contribution in [0.15, 0.2) is 24.4 Å². The molecule has 0 saturated heterocycles. The number of anilines is 1. The Kier molecular flexibility index (Phi) is 2.58. The molecular formula is C14H16FN3. The zero-order chi connectivity index (χ0) is 12.7. The van der Waals surface area contributed by atoms with Crippen molar-refractivity contribution in [2.75, 3.05) is 11.9 Å². The molecule has 0 radical (unpaired) electrons. The lowest BCUT2D eigenvalue weighted by molar-refractivity contribution is 0.478. The van der Waals surface area contributed by atoms with Crippen LogP contribution in [0.4, 0.5) is 10.2 Å². The van der Waals surface area contributed by atoms with Crippen molar-refractivity contribution in [2.24, 2.45) is 0 Å². The fourth-order valence-corrected chi connectivity index (χ4v) is 2.48. The third-order valence-corrected chi connectivity index (χ3v) is 3.56. The molecule has 4 heteroatoms. The van der Waals surface area contributed by atoms with Crippen molar-refractivity contribution < 1.29 is 4.39 Å². The van der Waals surface area contributed by atoms with Crippen LogP contribution in [-0.2, 0) is 0 Å². The first-order chi connectivity index (χ1) is 8.66. The Bertz CT molecular complexity index is 589. The molecule has 0 aliphatic carbocycles. The van der Waals surface area contributed by atoms with E-state index in [1.165, 1.54) is 0 Å². The minimum Gasteiger partial charge on any atom is -0.370 e. The SMILES string of the molecule is Cc1ccc(C2CCNc3c(C)cnn32)cc1F. The van der Waals surface area contributed by atoms with Crippen molar-refractivity contribution in [3.05, 3.63) is 46.9 Å². The average molecular weight is 245 g/mol. The minimum atomic E-state index is -0.142. The van der Waals surface area contributed by atoms with Crippen LogP contribution in [0.5, 0.6) is 0 Å². The lowest BCUT2D eigenvalue weighted by Gasteiger charge is -2.26. The highest BCUT2D eigenvalue weighted by molar-refractivity contribution is 5.46. The van der Waals surface area contributed by atoms with Gasteiger partial charge in [0.05, 0.1) is 12.2 Å². The fraction of sp³-hybridized carbons (Fsp3) is 0.357. The second kappa shape index (κ2) is 4.12. The summed E-state index contributed by atoms with van der Waals surface area (Å²) in [4.78, 5) is 0. The molecule has 1 aliphatic rings. The molecule has 1 aliphatic heterocycles. The lowest BCUT2D eigenvalue weighted by atomic mass is 10.0. The first kappa shape index (κ1) is 11.3. The van der Waals surface area contributed by atoms with Gasteiger partial charge in [0.25, 0.3) is 0 Å². The van der Waals surface area contributed by atoms with Crippen LogP contribution in [-0.4, -0.2) is 16.3 Å². The van der Waals surface area contributed by atoms with Crippen molar-refractivity contribution in [1.29, 1.82) is 0 Å². The Morgan fingerprint density at radius 3 is 2.94 bits per heavy atom. The van der Waals surface area contributed by atoms with E-state index in [-0.39, 0.29) is 11.9 Å². The summed E-state index contributed by atoms with van der Waals surface area (Å²) in [7, 11) is 0. The van der Waals surface area contributed by atoms with Crippen molar-refractivity contribution in [3.63, 3.8) is 0 Å². The Hall–Kier alpha value is -1.84. The van der Waals surface area contributed by atoms with Crippen LogP contribution in [0.3, 0.4) is 0 Å². The van der Waals surface area contributed by atoms with Crippen molar-refractivity contribution in [3.8, 4) is 0 Å². The highest BCUT2D eigenvalue weighted by Gasteiger charge is 2.23. The number of nitrogens with one attached hydrogen (secondary N) is 1. The van der Waals surface area contributed by atoms with Gasteiger partial charge < -0.3 is 5.32 Å². The number of hydrogen-bond acceptors (Lipinski definition) is 2. The summed E-state index contributed by atoms with van der Waals surface area (Å²) in [5.41, 5.74) is 2.81. The summed E-state index contributed by atoms with van der Waals surface area (Å²) in [6.45, 7) is 4.71. The van der Waals surface area contributed by atoms with Gasteiger partial charge in [-0.2, -0.15) is 5.10 Å². The van der Waals surface area contributed by atoms with Gasteiger partial charge in [0, 0.05) is 12.1 Å². The lowest BCUT2D eigenvalue weighted by Crippen LogP contribution is -2.24. The van der Waals surface area contributed by atoms with E-state index in [4.69, 9.17) is 0 Å². The molecule has 0 fully saturated rings. The smallest absolute Gasteiger partial charge is 0.127 e. The Morgan fingerprint density at radius 2 is 2.17 bits per heavy atom. The summed E-state index contributed by atoms with van der Waals surface area (Å²) in [6.07, 6.45) is 2.78. The predicted molar refractivity (Wildman–Crippen MR) is 69.3 cm³/mol. The van der Waals surface area contributed by atoms with E-state index in [2.05, 4.69) is 10.4 Å². The van der Waals surface area contributed by atoms with Gasteiger partial charge in [-0.1, -0.05) is 12.1 Å². The van der Waals surface area contributed by atoms with Crippen LogP contribution in [0.25, 0.3) is 0 Å². The molecule has 1 atom stereocenters. The monoisotopic (exact) mass is 245 g/mol. The number of rotatable bonds is 1. The zero-order valence-corrected chi connectivity index (χ0v) is 10.6. The van der Waals surface area contributed by atoms with Crippen molar-refractivity contribution >= 4 is 5.82 Å². The molecule has 3 nitrogen and oxygen atoms in total. The maximum Gasteiger partial charge on any atom is 0.127 e. The molecule has 1 aromatic heterocycles. The number of aromatic nitrogens is 2. The maximum atomic E-state index is 13.7. The fourth-order valence-electron chi connectivity index (χ4n) is 2.48. The van der Waals surface area contributed by atoms with E-state index >= 15 is 0 Å². The normalized spacial score (nSPS) is 18.3. The molecule has 1 unspecified atom stereocenters. The van der Waals surface area contributed by atoms with Crippen molar-refractivity contribution in [2.45, 2.75) is 26.3 Å². The van der Waals surface area contributed by atoms with E-state index in [0.29, 0.717) is 5.56 Å². The molecule has 2 heterocycles. The molecular weight excluding hydrogens is 229 g/mol. The van der Waals surface area contributed by atoms with Gasteiger partial charge in [0.15, 0.2) is 0 Å². The van der Waals surface area contributed by atoms with Crippen LogP contribution >= 0.6 is 0 Å². The Morgan fingerprint density at radius 1 is 1.33 bits per heavy atom. The standard InChI is InChI=1S/C14H16FN3/c1-9-3-4-11(7-12(9)15)13-5-6-16-14-10(2)8-17-18(13)14/h3-4,7-8,13,16H,5-6H2,1-2H3. The van der Waals surface area contributed by atoms with Crippen LogP contribution < -0.4 is 5.32 Å². The number of aryl methyl sites for hydroxylation is 2. The topological polar surface area (TPSA) is 29.9 Å². The van der Waals surface area contributed by atoms with Crippen LogP contribution in [0.1, 0.15) is 29.2 Å². The minimum absolute atomic E-state index is 0.130. The van der Waals surface area contributed by atoms with Crippen LogP contribution in [0, 0.1) is 19.7 Å². The largest absolute Gasteiger partial charge is 0.370 e. The molecule has 0 bridgehead atoms. The molecule has 2 aromatic rings. The number of nitrogens with zero attached hydrogens (tertiary/aromatic N) is 2. The first-order valence-corrected chi connectivity index (χ1v) is 6.21. The summed E-state index contributed by atoms with van der Waals surface area (Å²) in [5, 5.41) is 7.74. The third kappa shape index (κ3) is 1.68. The Labute approximate surface area is 106 Å². The highest BCUT2D eigenvalue weighted by Crippen LogP contribution is 2.31. The second-order valence-electron chi connectivity index (χ2n) is 4.86. The molecule has 1 N–H and O–H groups in total. The highest BCUT2D eigenvalue weighted by atomic mass is 19.1. The number of halogens is 1. The van der Waals surface area contributed by atoms with E-state index in [9.17, 15) is 4.39 Å². The number of benzene rings is 1. The second-order valence-corrected chi connectivity index (χ2v) is 4.86. The van der Waals surface area contributed by atoms with Gasteiger partial charge in [-0.05, 0) is 37.5 Å². The van der Waals surface area contributed by atoms with Gasteiger partial charge in [0.1, 0.15) is 11.6 Å². The van der Waals surface area contributed by atoms with E-state index < -0.39 is 0 Å². The predicted octanol–water partition coefficient (Wildman–Crippen LogP) is 3.04. The average Bonchev–Trinajstić information content (AvgIpc) is 2.75. The Balaban J connectivity index is 2.05. The molecule has 0 spiro atoms. The van der Waals surface area contributed by atoms with E-state index in [1.54, 1.807) is 13.0 Å². The van der Waals surface area contributed by atoms with Crippen molar-refractivity contribution in [1.82, 2.24) is 9.78 Å². The van der Waals surface area contributed by atoms with E-state index in [0.717, 1.165) is 29.9 Å². The quantitative estimate of drug-likeness (QED) is 0.837. The van der Waals surface area contributed by atoms with Crippen LogP contribution in [0.2, 0.25) is 0 Å². The zero-order valence-electron chi connectivity index (χ0n) is 10.6. The maximum absolute atomic E-state index is 13.7. The number of hydrogen-bond donors (Lipinski definition) is 1. The number of fused-ring (bicyclic) bond motifs is 1. The van der Waals surface area contributed by atoms with Gasteiger partial charge in [0.2, 0.25) is 0 Å². The molecule has 0 amide bonds. The van der Waals surface area contributed by atoms with E-state index in [1.807, 2.05) is 29.9 Å². The third-order valence-electron chi connectivity index (χ3n) is 3.56. The summed E-state index contributed by atoms with van der Waals surface area (Å²) in [5.74, 6) is 0.906. The molecule has 0 saturated carbocycles. The van der Waals surface area contributed by atoms with Gasteiger partial charge in [-0.3, -0.25) is 0 Å². The molecule has 1 aromatic carbocycles. The molecule has 3 rings (SSSR count). The first-order valence-electron chi connectivity index (χ1n) is 6.21. The summed E-state index contributed by atoms with van der Waals surface area (Å²) >= 11 is 0. The van der Waals surface area contributed by atoms with Gasteiger partial charge in [-0.25, -0.2) is 9.07 Å². The van der Waals surface area contributed by atoms with Gasteiger partial charge in [-0.15, -0.1) is 0 Å². The summed E-state index contributed by atoms with van der Waals surface area (Å²) in [6, 6.07) is 5.59. The summed E-state index contributed by atoms with van der Waals surface area (Å²) < 4.78 is 15.6.